The molecule has 0 saturated carbocycles. The lowest BCUT2D eigenvalue weighted by atomic mass is 10.1. The SMILES string of the molecule is CC(C)(C)[Si](C)(CC1CC=C(OS(=O)(=O)C(F)(F)F)C1)O[Si](C)(CC1CC=C(OS(=O)(=O)C(F)(F)F)C1)C(C)(C)C. The number of hydrogen-bond donors (Lipinski definition) is 0. The summed E-state index contributed by atoms with van der Waals surface area (Å²) in [6, 6.07) is 1.04. The van der Waals surface area contributed by atoms with Gasteiger partial charge >= 0.3 is 31.3 Å². The maximum absolute atomic E-state index is 12.8. The summed E-state index contributed by atoms with van der Waals surface area (Å²) in [5, 5.41) is -0.672. The first-order valence-electron chi connectivity index (χ1n) is 13.1. The average Bonchev–Trinajstić information content (AvgIpc) is 3.32. The average molecular weight is 675 g/mol. The van der Waals surface area contributed by atoms with Gasteiger partial charge in [0.2, 0.25) is 0 Å². The predicted molar refractivity (Wildman–Crippen MR) is 147 cm³/mol. The molecule has 17 heteroatoms. The number of allylic oxidation sites excluding steroid dienone is 4. The molecule has 2 rings (SSSR count). The quantitative estimate of drug-likeness (QED) is 0.100. The minimum Gasteiger partial charge on any atom is -0.454 e. The van der Waals surface area contributed by atoms with Crippen LogP contribution in [-0.2, 0) is 32.7 Å². The highest BCUT2D eigenvalue weighted by atomic mass is 32.2. The van der Waals surface area contributed by atoms with Crippen LogP contribution in [0, 0.1) is 11.8 Å². The molecule has 0 aromatic rings. The van der Waals surface area contributed by atoms with Crippen LogP contribution in [0.3, 0.4) is 0 Å². The Bertz CT molecular complexity index is 1150. The first-order valence-corrected chi connectivity index (χ1v) is 21.2. The van der Waals surface area contributed by atoms with E-state index in [9.17, 15) is 43.2 Å². The van der Waals surface area contributed by atoms with E-state index in [1.54, 1.807) is 0 Å². The van der Waals surface area contributed by atoms with Crippen LogP contribution in [0.5, 0.6) is 0 Å². The van der Waals surface area contributed by atoms with Crippen LogP contribution in [0.25, 0.3) is 0 Å². The third-order valence-corrected chi connectivity index (χ3v) is 23.0. The van der Waals surface area contributed by atoms with Crippen molar-refractivity contribution in [1.29, 1.82) is 0 Å². The van der Waals surface area contributed by atoms with Gasteiger partial charge in [0.25, 0.3) is 0 Å². The molecular formula is C24H40F6O7S2Si2. The summed E-state index contributed by atoms with van der Waals surface area (Å²) in [7, 11) is -17.0. The van der Waals surface area contributed by atoms with Gasteiger partial charge in [-0.2, -0.15) is 43.2 Å². The van der Waals surface area contributed by atoms with Crippen molar-refractivity contribution < 1.29 is 55.7 Å². The van der Waals surface area contributed by atoms with Crippen LogP contribution in [0.15, 0.2) is 23.7 Å². The van der Waals surface area contributed by atoms with Gasteiger partial charge in [0.05, 0.1) is 0 Å². The van der Waals surface area contributed by atoms with Crippen molar-refractivity contribution in [3.63, 3.8) is 0 Å². The minimum absolute atomic E-state index is 0.0199. The topological polar surface area (TPSA) is 96.0 Å². The lowest BCUT2D eigenvalue weighted by molar-refractivity contribution is -0.0527. The van der Waals surface area contributed by atoms with Gasteiger partial charge in [0.15, 0.2) is 16.6 Å². The number of halogens is 6. The molecule has 2 aliphatic carbocycles. The predicted octanol–water partition coefficient (Wildman–Crippen LogP) is 8.07. The van der Waals surface area contributed by atoms with Gasteiger partial charge in [-0.25, -0.2) is 0 Å². The number of rotatable bonds is 10. The highest BCUT2D eigenvalue weighted by Crippen LogP contribution is 2.52. The molecule has 0 aromatic carbocycles. The van der Waals surface area contributed by atoms with Crippen molar-refractivity contribution in [2.75, 3.05) is 0 Å². The Morgan fingerprint density at radius 1 is 0.683 bits per heavy atom. The monoisotopic (exact) mass is 674 g/mol. The van der Waals surface area contributed by atoms with Gasteiger partial charge in [-0.05, 0) is 72.1 Å². The smallest absolute Gasteiger partial charge is 0.454 e. The molecule has 41 heavy (non-hydrogen) atoms. The van der Waals surface area contributed by atoms with Crippen LogP contribution in [-0.4, -0.2) is 44.5 Å². The second-order valence-corrected chi connectivity index (χ2v) is 26.0. The second kappa shape index (κ2) is 11.5. The Balaban J connectivity index is 2.21. The van der Waals surface area contributed by atoms with E-state index in [1.165, 1.54) is 12.2 Å². The van der Waals surface area contributed by atoms with E-state index in [2.05, 4.69) is 8.37 Å². The maximum Gasteiger partial charge on any atom is 0.534 e. The summed E-state index contributed by atoms with van der Waals surface area (Å²) in [5.74, 6) is -0.870. The largest absolute Gasteiger partial charge is 0.534 e. The fourth-order valence-electron chi connectivity index (χ4n) is 4.92. The van der Waals surface area contributed by atoms with Crippen LogP contribution in [0.4, 0.5) is 26.3 Å². The second-order valence-electron chi connectivity index (χ2n) is 13.4. The fourth-order valence-corrected chi connectivity index (χ4v) is 17.1. The molecule has 7 nitrogen and oxygen atoms in total. The zero-order valence-electron chi connectivity index (χ0n) is 24.5. The van der Waals surface area contributed by atoms with Crippen molar-refractivity contribution in [1.82, 2.24) is 0 Å². The van der Waals surface area contributed by atoms with Crippen LogP contribution >= 0.6 is 0 Å². The molecule has 0 saturated heterocycles. The van der Waals surface area contributed by atoms with Crippen molar-refractivity contribution >= 4 is 36.9 Å². The van der Waals surface area contributed by atoms with Crippen LogP contribution in [0.1, 0.15) is 67.2 Å². The molecule has 0 aliphatic heterocycles. The normalized spacial score (nSPS) is 24.3. The molecular weight excluding hydrogens is 635 g/mol. The van der Waals surface area contributed by atoms with Gasteiger partial charge in [-0.1, -0.05) is 41.5 Å². The summed E-state index contributed by atoms with van der Waals surface area (Å²) < 4.78 is 139. The van der Waals surface area contributed by atoms with Crippen molar-refractivity contribution in [2.24, 2.45) is 11.8 Å². The van der Waals surface area contributed by atoms with Crippen LogP contribution < -0.4 is 0 Å². The third kappa shape index (κ3) is 8.53. The summed E-state index contributed by atoms with van der Waals surface area (Å²) >= 11 is 0. The lowest BCUT2D eigenvalue weighted by Crippen LogP contribution is -2.58. The Hall–Kier alpha value is -1.05. The molecule has 0 amide bonds. The fraction of sp³-hybridized carbons (Fsp3) is 0.833. The van der Waals surface area contributed by atoms with E-state index in [4.69, 9.17) is 4.12 Å². The Labute approximate surface area is 241 Å². The molecule has 0 radical (unpaired) electrons. The van der Waals surface area contributed by atoms with E-state index in [1.807, 2.05) is 54.6 Å². The zero-order chi connectivity index (χ0) is 32.1. The number of hydrogen-bond acceptors (Lipinski definition) is 7. The van der Waals surface area contributed by atoms with Crippen molar-refractivity contribution in [2.45, 2.75) is 114 Å². The Kier molecular flexibility index (Phi) is 10.1. The molecule has 0 fully saturated rings. The Morgan fingerprint density at radius 3 is 1.22 bits per heavy atom. The van der Waals surface area contributed by atoms with E-state index < -0.39 is 47.9 Å². The summed E-state index contributed by atoms with van der Waals surface area (Å²) in [4.78, 5) is 0. The maximum atomic E-state index is 12.8. The molecule has 0 N–H and O–H groups in total. The van der Waals surface area contributed by atoms with Crippen molar-refractivity contribution in [3.8, 4) is 0 Å². The van der Waals surface area contributed by atoms with Gasteiger partial charge in [0.1, 0.15) is 11.5 Å². The molecule has 2 aliphatic rings. The zero-order valence-corrected chi connectivity index (χ0v) is 28.1. The van der Waals surface area contributed by atoms with E-state index in [0.717, 1.165) is 0 Å². The van der Waals surface area contributed by atoms with Gasteiger partial charge in [0, 0.05) is 12.8 Å². The highest BCUT2D eigenvalue weighted by molar-refractivity contribution is 7.88. The molecule has 0 bridgehead atoms. The third-order valence-electron chi connectivity index (χ3n) is 8.32. The lowest BCUT2D eigenvalue weighted by Gasteiger charge is -2.52. The van der Waals surface area contributed by atoms with Gasteiger partial charge in [-0.15, -0.1) is 0 Å². The molecule has 4 atom stereocenters. The van der Waals surface area contributed by atoms with Crippen molar-refractivity contribution in [3.05, 3.63) is 23.7 Å². The first kappa shape index (κ1) is 36.1. The summed E-state index contributed by atoms with van der Waals surface area (Å²) in [5.41, 5.74) is -11.1. The standard InChI is InChI=1S/C24H40F6O7S2Si2/c1-21(2,3)40(7,15-17-9-11-19(13-17)35-38(31,32)23(25,26)27)37-41(8,22(4,5)6)16-18-10-12-20(14-18)36-39(33,34)24(28,29)30/h11-12,17-18H,9-10,13-16H2,1-8H3. The molecule has 0 spiro atoms. The van der Waals surface area contributed by atoms with Crippen LogP contribution in [0.2, 0.25) is 35.3 Å². The van der Waals surface area contributed by atoms with Gasteiger partial charge in [-0.3, -0.25) is 0 Å². The molecule has 240 valence electrons. The Morgan fingerprint density at radius 2 is 0.976 bits per heavy atom. The first-order chi connectivity index (χ1) is 18.0. The minimum atomic E-state index is -5.76. The van der Waals surface area contributed by atoms with E-state index in [0.29, 0.717) is 24.9 Å². The van der Waals surface area contributed by atoms with E-state index in [-0.39, 0.29) is 46.3 Å². The van der Waals surface area contributed by atoms with E-state index >= 15 is 0 Å². The summed E-state index contributed by atoms with van der Waals surface area (Å²) in [6.07, 6.45) is 3.44. The molecule has 0 heterocycles. The number of alkyl halides is 6. The molecule has 0 aromatic heterocycles. The molecule has 4 unspecified atom stereocenters. The van der Waals surface area contributed by atoms with Gasteiger partial charge < -0.3 is 12.5 Å². The highest BCUT2D eigenvalue weighted by Gasteiger charge is 2.54. The summed E-state index contributed by atoms with van der Waals surface area (Å²) in [6.45, 7) is 16.2.